The maximum Gasteiger partial charge on any atom is 0.271 e. The third kappa shape index (κ3) is 5.91. The number of amides is 1. The summed E-state index contributed by atoms with van der Waals surface area (Å²) in [4.78, 5) is 17.2. The van der Waals surface area contributed by atoms with Crippen LogP contribution in [0.5, 0.6) is 0 Å². The fourth-order valence-corrected chi connectivity index (χ4v) is 3.19. The zero-order valence-electron chi connectivity index (χ0n) is 18.0. The Morgan fingerprint density at radius 2 is 1.59 bits per heavy atom. The van der Waals surface area contributed by atoms with Crippen molar-refractivity contribution >= 4 is 17.3 Å². The highest BCUT2D eigenvalue weighted by molar-refractivity contribution is 5.95. The van der Waals surface area contributed by atoms with Gasteiger partial charge in [0.25, 0.3) is 5.91 Å². The van der Waals surface area contributed by atoms with E-state index < -0.39 is 0 Å². The summed E-state index contributed by atoms with van der Waals surface area (Å²) in [5.74, 6) is -0.170. The number of piperazine rings is 1. The van der Waals surface area contributed by atoms with Gasteiger partial charge in [0.15, 0.2) is 0 Å². The second-order valence-electron chi connectivity index (χ2n) is 8.68. The number of nitrogens with zero attached hydrogens (tertiary/aromatic N) is 3. The summed E-state index contributed by atoms with van der Waals surface area (Å²) >= 11 is 0. The molecule has 0 bridgehead atoms. The molecule has 1 heterocycles. The predicted octanol–water partition coefficient (Wildman–Crippen LogP) is 4.16. The SMILES string of the molecule is C/C(=N/NC(=O)c1ccc(CN2CCN(c3ccccc3)CC2)cc1)C(C)(C)C. The van der Waals surface area contributed by atoms with E-state index in [2.05, 4.69) is 71.4 Å². The van der Waals surface area contributed by atoms with E-state index in [0.29, 0.717) is 5.56 Å². The van der Waals surface area contributed by atoms with Gasteiger partial charge in [0.05, 0.1) is 0 Å². The Bertz CT molecular complexity index is 829. The van der Waals surface area contributed by atoms with Crippen LogP contribution >= 0.6 is 0 Å². The van der Waals surface area contributed by atoms with Crippen LogP contribution in [0.25, 0.3) is 0 Å². The lowest BCUT2D eigenvalue weighted by molar-refractivity contribution is 0.0954. The fourth-order valence-electron chi connectivity index (χ4n) is 3.19. The van der Waals surface area contributed by atoms with Gasteiger partial charge < -0.3 is 4.90 Å². The van der Waals surface area contributed by atoms with Crippen molar-refractivity contribution in [3.8, 4) is 0 Å². The number of carbonyl (C=O) groups is 1. The molecule has 0 saturated carbocycles. The molecule has 1 aliphatic rings. The van der Waals surface area contributed by atoms with Crippen molar-refractivity contribution < 1.29 is 4.79 Å². The number of hydrazone groups is 1. The number of rotatable bonds is 5. The van der Waals surface area contributed by atoms with Crippen LogP contribution in [0, 0.1) is 5.41 Å². The van der Waals surface area contributed by atoms with Crippen molar-refractivity contribution in [3.05, 3.63) is 65.7 Å². The van der Waals surface area contributed by atoms with E-state index in [1.165, 1.54) is 11.3 Å². The summed E-state index contributed by atoms with van der Waals surface area (Å²) in [6, 6.07) is 18.4. The van der Waals surface area contributed by atoms with Crippen LogP contribution in [0.4, 0.5) is 5.69 Å². The van der Waals surface area contributed by atoms with Crippen LogP contribution in [0.2, 0.25) is 0 Å². The Morgan fingerprint density at radius 1 is 0.966 bits per heavy atom. The molecule has 1 saturated heterocycles. The zero-order valence-corrected chi connectivity index (χ0v) is 18.0. The first-order valence-corrected chi connectivity index (χ1v) is 10.3. The highest BCUT2D eigenvalue weighted by Gasteiger charge is 2.18. The van der Waals surface area contributed by atoms with Crippen LogP contribution in [0.1, 0.15) is 43.6 Å². The highest BCUT2D eigenvalue weighted by atomic mass is 16.2. The number of carbonyl (C=O) groups excluding carboxylic acids is 1. The molecule has 154 valence electrons. The average molecular weight is 393 g/mol. The predicted molar refractivity (Wildman–Crippen MR) is 120 cm³/mol. The van der Waals surface area contributed by atoms with Crippen LogP contribution in [-0.2, 0) is 6.54 Å². The van der Waals surface area contributed by atoms with E-state index in [1.54, 1.807) is 0 Å². The first kappa shape index (κ1) is 21.1. The van der Waals surface area contributed by atoms with Gasteiger partial charge in [-0.15, -0.1) is 0 Å². The molecule has 0 atom stereocenters. The maximum atomic E-state index is 12.3. The maximum absolute atomic E-state index is 12.3. The molecule has 1 fully saturated rings. The van der Waals surface area contributed by atoms with Gasteiger partial charge in [-0.3, -0.25) is 9.69 Å². The number of hydrogen-bond donors (Lipinski definition) is 1. The number of benzene rings is 2. The van der Waals surface area contributed by atoms with E-state index in [4.69, 9.17) is 0 Å². The quantitative estimate of drug-likeness (QED) is 0.614. The van der Waals surface area contributed by atoms with Gasteiger partial charge in [0, 0.05) is 55.1 Å². The van der Waals surface area contributed by atoms with Crippen molar-refractivity contribution in [2.75, 3.05) is 31.1 Å². The molecule has 29 heavy (non-hydrogen) atoms. The molecule has 3 rings (SSSR count). The molecule has 0 unspecified atom stereocenters. The number of para-hydroxylation sites is 1. The van der Waals surface area contributed by atoms with Gasteiger partial charge in [-0.25, -0.2) is 5.43 Å². The Hall–Kier alpha value is -2.66. The monoisotopic (exact) mass is 392 g/mol. The lowest BCUT2D eigenvalue weighted by Crippen LogP contribution is -2.45. The summed E-state index contributed by atoms with van der Waals surface area (Å²) in [7, 11) is 0. The Balaban J connectivity index is 1.50. The van der Waals surface area contributed by atoms with Crippen LogP contribution in [0.3, 0.4) is 0 Å². The molecule has 5 nitrogen and oxygen atoms in total. The molecule has 0 spiro atoms. The van der Waals surface area contributed by atoms with Crippen molar-refractivity contribution in [1.82, 2.24) is 10.3 Å². The lowest BCUT2D eigenvalue weighted by atomic mass is 9.91. The molecule has 5 heteroatoms. The van der Waals surface area contributed by atoms with Gasteiger partial charge in [0.2, 0.25) is 0 Å². The standard InChI is InChI=1S/C24H32N4O/c1-19(24(2,3)4)25-26-23(29)21-12-10-20(11-13-21)18-27-14-16-28(17-15-27)22-8-6-5-7-9-22/h5-13H,14-18H2,1-4H3,(H,26,29)/b25-19-. The van der Waals surface area contributed by atoms with Crippen LogP contribution in [0.15, 0.2) is 59.7 Å². The molecular weight excluding hydrogens is 360 g/mol. The highest BCUT2D eigenvalue weighted by Crippen LogP contribution is 2.17. The summed E-state index contributed by atoms with van der Waals surface area (Å²) in [6.45, 7) is 13.2. The van der Waals surface area contributed by atoms with E-state index in [1.807, 2.05) is 31.2 Å². The Kier molecular flexibility index (Phi) is 6.70. The number of hydrogen-bond acceptors (Lipinski definition) is 4. The molecule has 0 aromatic heterocycles. The van der Waals surface area contributed by atoms with Crippen molar-refractivity contribution in [1.29, 1.82) is 0 Å². The number of anilines is 1. The minimum absolute atomic E-state index is 0.0539. The van der Waals surface area contributed by atoms with Gasteiger partial charge in [0.1, 0.15) is 0 Å². The largest absolute Gasteiger partial charge is 0.369 e. The topological polar surface area (TPSA) is 47.9 Å². The number of nitrogens with one attached hydrogen (secondary N) is 1. The molecule has 0 radical (unpaired) electrons. The van der Waals surface area contributed by atoms with E-state index in [-0.39, 0.29) is 11.3 Å². The smallest absolute Gasteiger partial charge is 0.271 e. The third-order valence-corrected chi connectivity index (χ3v) is 5.53. The van der Waals surface area contributed by atoms with Crippen LogP contribution < -0.4 is 10.3 Å². The third-order valence-electron chi connectivity index (χ3n) is 5.53. The second kappa shape index (κ2) is 9.23. The zero-order chi connectivity index (χ0) is 20.9. The van der Waals surface area contributed by atoms with Crippen LogP contribution in [-0.4, -0.2) is 42.7 Å². The van der Waals surface area contributed by atoms with Gasteiger partial charge in [-0.1, -0.05) is 51.1 Å². The van der Waals surface area contributed by atoms with E-state index in [9.17, 15) is 4.79 Å². The first-order valence-electron chi connectivity index (χ1n) is 10.3. The molecule has 1 amide bonds. The van der Waals surface area contributed by atoms with Gasteiger partial charge >= 0.3 is 0 Å². The normalized spacial score (nSPS) is 16.0. The Labute approximate surface area is 174 Å². The second-order valence-corrected chi connectivity index (χ2v) is 8.68. The summed E-state index contributed by atoms with van der Waals surface area (Å²) in [5, 5.41) is 4.22. The molecular formula is C24H32N4O. The van der Waals surface area contributed by atoms with Gasteiger partial charge in [-0.05, 0) is 36.8 Å². The Morgan fingerprint density at radius 3 is 2.17 bits per heavy atom. The average Bonchev–Trinajstić information content (AvgIpc) is 2.73. The van der Waals surface area contributed by atoms with Crippen molar-refractivity contribution in [2.45, 2.75) is 34.2 Å². The molecule has 1 aliphatic heterocycles. The molecule has 2 aromatic carbocycles. The fraction of sp³-hybridized carbons (Fsp3) is 0.417. The summed E-state index contributed by atoms with van der Waals surface area (Å²) < 4.78 is 0. The van der Waals surface area contributed by atoms with Crippen molar-refractivity contribution in [3.63, 3.8) is 0 Å². The van der Waals surface area contributed by atoms with E-state index >= 15 is 0 Å². The molecule has 0 aliphatic carbocycles. The summed E-state index contributed by atoms with van der Waals surface area (Å²) in [6.07, 6.45) is 0. The minimum atomic E-state index is -0.170. The minimum Gasteiger partial charge on any atom is -0.369 e. The first-order chi connectivity index (χ1) is 13.8. The molecule has 1 N–H and O–H groups in total. The summed E-state index contributed by atoms with van der Waals surface area (Å²) in [5.41, 5.74) is 6.66. The molecule has 2 aromatic rings. The lowest BCUT2D eigenvalue weighted by Gasteiger charge is -2.36. The van der Waals surface area contributed by atoms with Crippen molar-refractivity contribution in [2.24, 2.45) is 10.5 Å². The van der Waals surface area contributed by atoms with E-state index in [0.717, 1.165) is 38.4 Å². The van der Waals surface area contributed by atoms with Gasteiger partial charge in [-0.2, -0.15) is 5.10 Å².